The number of carbonyl (C=O) groups is 1. The summed E-state index contributed by atoms with van der Waals surface area (Å²) in [5, 5.41) is 3.31. The van der Waals surface area contributed by atoms with E-state index >= 15 is 0 Å². The van der Waals surface area contributed by atoms with Crippen LogP contribution in [0.1, 0.15) is 39.0 Å². The minimum atomic E-state index is -0.172. The third-order valence-electron chi connectivity index (χ3n) is 3.59. The molecule has 4 heteroatoms. The lowest BCUT2D eigenvalue weighted by molar-refractivity contribution is 0.0316. The Morgan fingerprint density at radius 1 is 1.38 bits per heavy atom. The topological polar surface area (TPSA) is 41.6 Å². The third-order valence-corrected chi connectivity index (χ3v) is 3.59. The van der Waals surface area contributed by atoms with E-state index in [4.69, 9.17) is 4.74 Å². The van der Waals surface area contributed by atoms with E-state index in [2.05, 4.69) is 12.2 Å². The van der Waals surface area contributed by atoms with Crippen LogP contribution in [0.4, 0.5) is 4.79 Å². The second kappa shape index (κ2) is 5.04. The van der Waals surface area contributed by atoms with Gasteiger partial charge in [-0.3, -0.25) is 0 Å². The number of hydrogen-bond acceptors (Lipinski definition) is 3. The number of carbonyl (C=O) groups excluding carboxylic acids is 1. The van der Waals surface area contributed by atoms with Gasteiger partial charge in [0.1, 0.15) is 5.60 Å². The number of nitrogens with zero attached hydrogens (tertiary/aromatic N) is 1. The molecule has 1 spiro atoms. The molecule has 0 atom stereocenters. The van der Waals surface area contributed by atoms with E-state index in [1.54, 1.807) is 0 Å². The zero-order valence-electron chi connectivity index (χ0n) is 10.1. The molecule has 4 nitrogen and oxygen atoms in total. The number of ether oxygens (including phenoxy) is 1. The van der Waals surface area contributed by atoms with E-state index in [0.29, 0.717) is 0 Å². The van der Waals surface area contributed by atoms with Crippen LogP contribution < -0.4 is 5.32 Å². The van der Waals surface area contributed by atoms with Crippen molar-refractivity contribution in [2.75, 3.05) is 26.2 Å². The molecule has 16 heavy (non-hydrogen) atoms. The van der Waals surface area contributed by atoms with Gasteiger partial charge in [-0.25, -0.2) is 4.79 Å². The van der Waals surface area contributed by atoms with Gasteiger partial charge in [-0.2, -0.15) is 0 Å². The first kappa shape index (κ1) is 11.7. The summed E-state index contributed by atoms with van der Waals surface area (Å²) < 4.78 is 5.58. The number of nitrogens with one attached hydrogen (secondary N) is 1. The van der Waals surface area contributed by atoms with Crippen LogP contribution in [-0.2, 0) is 4.74 Å². The van der Waals surface area contributed by atoms with E-state index in [1.807, 2.05) is 4.90 Å². The molecule has 1 amide bonds. The van der Waals surface area contributed by atoms with Gasteiger partial charge in [-0.15, -0.1) is 0 Å². The van der Waals surface area contributed by atoms with Gasteiger partial charge in [0, 0.05) is 19.4 Å². The summed E-state index contributed by atoms with van der Waals surface area (Å²) in [5.41, 5.74) is -0.172. The molecule has 2 saturated heterocycles. The van der Waals surface area contributed by atoms with Gasteiger partial charge in [-0.1, -0.05) is 19.8 Å². The monoisotopic (exact) mass is 226 g/mol. The first-order valence-corrected chi connectivity index (χ1v) is 6.44. The Bertz CT molecular complexity index is 249. The average molecular weight is 226 g/mol. The Labute approximate surface area is 97.3 Å². The van der Waals surface area contributed by atoms with Crippen molar-refractivity contribution >= 4 is 6.09 Å². The Balaban J connectivity index is 1.85. The summed E-state index contributed by atoms with van der Waals surface area (Å²) in [6, 6.07) is 0. The second-order valence-electron chi connectivity index (χ2n) is 4.93. The summed E-state index contributed by atoms with van der Waals surface area (Å²) in [6.07, 6.45) is 5.31. The molecule has 0 bridgehead atoms. The molecule has 0 unspecified atom stereocenters. The highest BCUT2D eigenvalue weighted by molar-refractivity contribution is 5.70. The van der Waals surface area contributed by atoms with Crippen LogP contribution in [0.2, 0.25) is 0 Å². The number of amides is 1. The largest absolute Gasteiger partial charge is 0.441 e. The van der Waals surface area contributed by atoms with Gasteiger partial charge in [0.2, 0.25) is 0 Å². The van der Waals surface area contributed by atoms with Crippen molar-refractivity contribution in [2.45, 2.75) is 44.6 Å². The van der Waals surface area contributed by atoms with Crippen LogP contribution in [0.25, 0.3) is 0 Å². The van der Waals surface area contributed by atoms with Crippen molar-refractivity contribution in [3.63, 3.8) is 0 Å². The molecule has 2 heterocycles. The zero-order valence-corrected chi connectivity index (χ0v) is 10.1. The van der Waals surface area contributed by atoms with Gasteiger partial charge < -0.3 is 15.0 Å². The quantitative estimate of drug-likeness (QED) is 0.743. The molecule has 0 saturated carbocycles. The van der Waals surface area contributed by atoms with Crippen molar-refractivity contribution in [1.82, 2.24) is 10.2 Å². The van der Waals surface area contributed by atoms with Crippen LogP contribution in [0.15, 0.2) is 0 Å². The Morgan fingerprint density at radius 3 is 2.81 bits per heavy atom. The fourth-order valence-electron chi connectivity index (χ4n) is 2.56. The van der Waals surface area contributed by atoms with Crippen molar-refractivity contribution in [2.24, 2.45) is 0 Å². The molecule has 0 radical (unpaired) electrons. The molecule has 2 aliphatic heterocycles. The first-order chi connectivity index (χ1) is 7.76. The van der Waals surface area contributed by atoms with Crippen molar-refractivity contribution in [3.8, 4) is 0 Å². The van der Waals surface area contributed by atoms with E-state index in [-0.39, 0.29) is 11.7 Å². The molecular weight excluding hydrogens is 204 g/mol. The van der Waals surface area contributed by atoms with E-state index in [9.17, 15) is 4.79 Å². The number of unbranched alkanes of at least 4 members (excludes halogenated alkanes) is 2. The molecule has 2 rings (SSSR count). The van der Waals surface area contributed by atoms with Gasteiger partial charge in [0.05, 0.1) is 6.54 Å². The average Bonchev–Trinajstić information content (AvgIpc) is 2.57. The lowest BCUT2D eigenvalue weighted by Gasteiger charge is -2.31. The summed E-state index contributed by atoms with van der Waals surface area (Å²) in [7, 11) is 0. The smallest absolute Gasteiger partial charge is 0.410 e. The van der Waals surface area contributed by atoms with Gasteiger partial charge in [0.25, 0.3) is 0 Å². The molecule has 2 fully saturated rings. The molecule has 0 aromatic heterocycles. The van der Waals surface area contributed by atoms with Gasteiger partial charge in [-0.05, 0) is 19.5 Å². The molecule has 0 aromatic rings. The Kier molecular flexibility index (Phi) is 3.69. The molecule has 0 aliphatic carbocycles. The minimum Gasteiger partial charge on any atom is -0.441 e. The summed E-state index contributed by atoms with van der Waals surface area (Å²) >= 11 is 0. The van der Waals surface area contributed by atoms with Gasteiger partial charge in [0.15, 0.2) is 0 Å². The van der Waals surface area contributed by atoms with Crippen LogP contribution in [0.5, 0.6) is 0 Å². The highest BCUT2D eigenvalue weighted by Crippen LogP contribution is 2.31. The maximum Gasteiger partial charge on any atom is 0.410 e. The van der Waals surface area contributed by atoms with E-state index in [0.717, 1.165) is 45.4 Å². The second-order valence-corrected chi connectivity index (χ2v) is 4.93. The lowest BCUT2D eigenvalue weighted by Crippen LogP contribution is -2.44. The fraction of sp³-hybridized carbons (Fsp3) is 0.917. The predicted octanol–water partition coefficient (Wildman–Crippen LogP) is 1.75. The Morgan fingerprint density at radius 2 is 2.12 bits per heavy atom. The summed E-state index contributed by atoms with van der Waals surface area (Å²) in [6.45, 7) is 5.78. The van der Waals surface area contributed by atoms with Crippen LogP contribution in [0, 0.1) is 0 Å². The van der Waals surface area contributed by atoms with E-state index < -0.39 is 0 Å². The molecular formula is C12H22N2O2. The van der Waals surface area contributed by atoms with Crippen LogP contribution >= 0.6 is 0 Å². The normalized spacial score (nSPS) is 23.8. The standard InChI is InChI=1S/C12H22N2O2/c1-2-3-4-9-14-10-12(16-11(14)15)5-7-13-8-6-12/h13H,2-10H2,1H3. The highest BCUT2D eigenvalue weighted by atomic mass is 16.6. The highest BCUT2D eigenvalue weighted by Gasteiger charge is 2.45. The molecule has 92 valence electrons. The van der Waals surface area contributed by atoms with Crippen LogP contribution in [0.3, 0.4) is 0 Å². The fourth-order valence-corrected chi connectivity index (χ4v) is 2.56. The minimum absolute atomic E-state index is 0.0991. The number of hydrogen-bond donors (Lipinski definition) is 1. The zero-order chi connectivity index (χ0) is 11.4. The predicted molar refractivity (Wildman–Crippen MR) is 62.4 cm³/mol. The maximum absolute atomic E-state index is 11.7. The maximum atomic E-state index is 11.7. The third kappa shape index (κ3) is 2.48. The van der Waals surface area contributed by atoms with Crippen molar-refractivity contribution < 1.29 is 9.53 Å². The lowest BCUT2D eigenvalue weighted by atomic mass is 9.92. The summed E-state index contributed by atoms with van der Waals surface area (Å²) in [4.78, 5) is 13.6. The van der Waals surface area contributed by atoms with Gasteiger partial charge >= 0.3 is 6.09 Å². The molecule has 0 aromatic carbocycles. The molecule has 1 N–H and O–H groups in total. The molecule has 2 aliphatic rings. The number of rotatable bonds is 4. The van der Waals surface area contributed by atoms with Crippen molar-refractivity contribution in [1.29, 1.82) is 0 Å². The van der Waals surface area contributed by atoms with E-state index in [1.165, 1.54) is 12.8 Å². The first-order valence-electron chi connectivity index (χ1n) is 6.44. The summed E-state index contributed by atoms with van der Waals surface area (Å²) in [5.74, 6) is 0. The van der Waals surface area contributed by atoms with Crippen molar-refractivity contribution in [3.05, 3.63) is 0 Å². The van der Waals surface area contributed by atoms with Crippen LogP contribution in [-0.4, -0.2) is 42.8 Å². The number of piperidine rings is 1. The SMILES string of the molecule is CCCCCN1CC2(CCNCC2)OC1=O. The Hall–Kier alpha value is -0.770.